The van der Waals surface area contributed by atoms with Crippen LogP contribution in [0.5, 0.6) is 5.75 Å². The SMILES string of the molecule is CC1c2cncc(-c3ccc4c(c3)COCCO4)c2COC12CC2. The molecule has 3 aliphatic rings. The normalized spacial score (nSPS) is 23.8. The summed E-state index contributed by atoms with van der Waals surface area (Å²) in [4.78, 5) is 4.53. The molecule has 1 fully saturated rings. The van der Waals surface area contributed by atoms with Gasteiger partial charge in [0.1, 0.15) is 12.4 Å². The molecule has 1 unspecified atom stereocenters. The number of hydrogen-bond donors (Lipinski definition) is 0. The quantitative estimate of drug-likeness (QED) is 0.800. The lowest BCUT2D eigenvalue weighted by atomic mass is 9.85. The van der Waals surface area contributed by atoms with Crippen molar-refractivity contribution in [1.29, 1.82) is 0 Å². The van der Waals surface area contributed by atoms with E-state index in [1.54, 1.807) is 0 Å². The molecule has 4 nitrogen and oxygen atoms in total. The Hall–Kier alpha value is -1.91. The van der Waals surface area contributed by atoms with Gasteiger partial charge in [-0.05, 0) is 41.7 Å². The van der Waals surface area contributed by atoms with Gasteiger partial charge >= 0.3 is 0 Å². The van der Waals surface area contributed by atoms with Crippen LogP contribution in [0.15, 0.2) is 30.6 Å². The fourth-order valence-electron chi connectivity index (χ4n) is 4.00. The molecule has 1 spiro atoms. The summed E-state index contributed by atoms with van der Waals surface area (Å²) in [6.07, 6.45) is 6.33. The van der Waals surface area contributed by atoms with Crippen LogP contribution in [0.3, 0.4) is 0 Å². The van der Waals surface area contributed by atoms with Crippen LogP contribution in [0, 0.1) is 0 Å². The lowest BCUT2D eigenvalue weighted by molar-refractivity contribution is -0.00920. The summed E-state index contributed by atoms with van der Waals surface area (Å²) in [6, 6.07) is 6.34. The first-order chi connectivity index (χ1) is 11.8. The summed E-state index contributed by atoms with van der Waals surface area (Å²) >= 11 is 0. The van der Waals surface area contributed by atoms with Gasteiger partial charge < -0.3 is 14.2 Å². The second-order valence-electron chi connectivity index (χ2n) is 7.05. The van der Waals surface area contributed by atoms with E-state index in [2.05, 4.69) is 24.0 Å². The number of ether oxygens (including phenoxy) is 3. The summed E-state index contributed by atoms with van der Waals surface area (Å²) in [5, 5.41) is 0. The Morgan fingerprint density at radius 2 is 2.04 bits per heavy atom. The summed E-state index contributed by atoms with van der Waals surface area (Å²) in [6.45, 7) is 4.81. The molecule has 124 valence electrons. The number of hydrogen-bond acceptors (Lipinski definition) is 4. The van der Waals surface area contributed by atoms with Crippen molar-refractivity contribution in [3.8, 4) is 16.9 Å². The Morgan fingerprint density at radius 3 is 2.92 bits per heavy atom. The molecule has 0 bridgehead atoms. The summed E-state index contributed by atoms with van der Waals surface area (Å²) in [5.74, 6) is 1.34. The standard InChI is InChI=1S/C20H21NO3/c1-13-16-9-21-10-17(18(16)12-24-20(13)4-5-20)14-2-3-19-15(8-14)11-22-6-7-23-19/h2-3,8-10,13H,4-7,11-12H2,1H3. The minimum Gasteiger partial charge on any atom is -0.491 e. The molecule has 1 saturated carbocycles. The maximum absolute atomic E-state index is 6.23. The maximum atomic E-state index is 6.23. The Morgan fingerprint density at radius 1 is 1.12 bits per heavy atom. The third-order valence-electron chi connectivity index (χ3n) is 5.71. The van der Waals surface area contributed by atoms with E-state index in [0.717, 1.165) is 16.9 Å². The van der Waals surface area contributed by atoms with Gasteiger partial charge in [0.05, 0.1) is 25.4 Å². The first-order valence-electron chi connectivity index (χ1n) is 8.71. The third-order valence-corrected chi connectivity index (χ3v) is 5.71. The highest BCUT2D eigenvalue weighted by Gasteiger charge is 2.52. The van der Waals surface area contributed by atoms with Crippen molar-refractivity contribution in [2.24, 2.45) is 0 Å². The van der Waals surface area contributed by atoms with E-state index in [9.17, 15) is 0 Å². The van der Waals surface area contributed by atoms with E-state index in [4.69, 9.17) is 14.2 Å². The average molecular weight is 323 g/mol. The van der Waals surface area contributed by atoms with Gasteiger partial charge in [-0.3, -0.25) is 4.98 Å². The second kappa shape index (κ2) is 5.30. The van der Waals surface area contributed by atoms with Crippen molar-refractivity contribution < 1.29 is 14.2 Å². The number of aromatic nitrogens is 1. The minimum absolute atomic E-state index is 0.0861. The van der Waals surface area contributed by atoms with E-state index in [0.29, 0.717) is 32.3 Å². The van der Waals surface area contributed by atoms with Crippen LogP contribution in [-0.2, 0) is 22.7 Å². The van der Waals surface area contributed by atoms with Crippen molar-refractivity contribution in [2.75, 3.05) is 13.2 Å². The highest BCUT2D eigenvalue weighted by atomic mass is 16.5. The Balaban J connectivity index is 1.58. The smallest absolute Gasteiger partial charge is 0.124 e. The van der Waals surface area contributed by atoms with Gasteiger partial charge in [-0.1, -0.05) is 13.0 Å². The zero-order chi connectivity index (χ0) is 16.1. The van der Waals surface area contributed by atoms with Crippen molar-refractivity contribution in [3.63, 3.8) is 0 Å². The topological polar surface area (TPSA) is 40.6 Å². The molecule has 24 heavy (non-hydrogen) atoms. The fourth-order valence-corrected chi connectivity index (χ4v) is 4.00. The van der Waals surface area contributed by atoms with Gasteiger partial charge in [0, 0.05) is 29.4 Å². The molecule has 1 atom stereocenters. The number of benzene rings is 1. The largest absolute Gasteiger partial charge is 0.491 e. The molecular formula is C20H21NO3. The van der Waals surface area contributed by atoms with Gasteiger partial charge in [0.25, 0.3) is 0 Å². The third kappa shape index (κ3) is 2.17. The molecule has 1 aromatic carbocycles. The zero-order valence-corrected chi connectivity index (χ0v) is 13.9. The molecule has 4 heteroatoms. The van der Waals surface area contributed by atoms with Gasteiger partial charge in [0.15, 0.2) is 0 Å². The molecule has 2 aromatic rings. The van der Waals surface area contributed by atoms with E-state index >= 15 is 0 Å². The molecule has 1 aliphatic carbocycles. The van der Waals surface area contributed by atoms with Crippen LogP contribution in [0.25, 0.3) is 11.1 Å². The van der Waals surface area contributed by atoms with Crippen LogP contribution in [0.2, 0.25) is 0 Å². The Bertz CT molecular complexity index is 797. The fraction of sp³-hybridized carbons (Fsp3) is 0.450. The second-order valence-corrected chi connectivity index (χ2v) is 7.05. The molecular weight excluding hydrogens is 302 g/mol. The predicted molar refractivity (Wildman–Crippen MR) is 90.0 cm³/mol. The van der Waals surface area contributed by atoms with Crippen LogP contribution >= 0.6 is 0 Å². The van der Waals surface area contributed by atoms with E-state index in [-0.39, 0.29) is 5.60 Å². The lowest BCUT2D eigenvalue weighted by Crippen LogP contribution is -2.28. The molecule has 2 aliphatic heterocycles. The van der Waals surface area contributed by atoms with E-state index in [1.807, 2.05) is 18.5 Å². The molecule has 0 saturated heterocycles. The summed E-state index contributed by atoms with van der Waals surface area (Å²) in [5.41, 5.74) is 6.15. The lowest BCUT2D eigenvalue weighted by Gasteiger charge is -2.32. The first kappa shape index (κ1) is 14.4. The highest BCUT2D eigenvalue weighted by molar-refractivity contribution is 5.70. The number of pyridine rings is 1. The molecule has 1 aromatic heterocycles. The molecule has 0 radical (unpaired) electrons. The van der Waals surface area contributed by atoms with E-state index < -0.39 is 0 Å². The van der Waals surface area contributed by atoms with Crippen molar-refractivity contribution in [3.05, 3.63) is 47.3 Å². The summed E-state index contributed by atoms with van der Waals surface area (Å²) in [7, 11) is 0. The Labute approximate surface area is 141 Å². The van der Waals surface area contributed by atoms with Gasteiger partial charge in [0.2, 0.25) is 0 Å². The highest BCUT2D eigenvalue weighted by Crippen LogP contribution is 2.54. The Kier molecular flexibility index (Phi) is 3.19. The van der Waals surface area contributed by atoms with Crippen LogP contribution in [0.4, 0.5) is 0 Å². The van der Waals surface area contributed by atoms with Crippen molar-refractivity contribution in [2.45, 2.75) is 44.5 Å². The number of fused-ring (bicyclic) bond motifs is 2. The minimum atomic E-state index is 0.0861. The monoisotopic (exact) mass is 323 g/mol. The van der Waals surface area contributed by atoms with Gasteiger partial charge in [-0.15, -0.1) is 0 Å². The van der Waals surface area contributed by atoms with E-state index in [1.165, 1.54) is 29.5 Å². The predicted octanol–water partition coefficient (Wildman–Crippen LogP) is 3.82. The molecule has 5 rings (SSSR count). The molecule has 0 amide bonds. The van der Waals surface area contributed by atoms with Gasteiger partial charge in [-0.2, -0.15) is 0 Å². The summed E-state index contributed by atoms with van der Waals surface area (Å²) < 4.78 is 17.6. The van der Waals surface area contributed by atoms with Crippen molar-refractivity contribution >= 4 is 0 Å². The molecule has 0 N–H and O–H groups in total. The van der Waals surface area contributed by atoms with Gasteiger partial charge in [-0.25, -0.2) is 0 Å². The average Bonchev–Trinajstić information content (AvgIpc) is 3.42. The van der Waals surface area contributed by atoms with Crippen LogP contribution < -0.4 is 4.74 Å². The van der Waals surface area contributed by atoms with Crippen molar-refractivity contribution in [1.82, 2.24) is 4.98 Å². The number of rotatable bonds is 1. The number of nitrogens with zero attached hydrogens (tertiary/aromatic N) is 1. The van der Waals surface area contributed by atoms with Crippen LogP contribution in [0.1, 0.15) is 42.4 Å². The maximum Gasteiger partial charge on any atom is 0.124 e. The van der Waals surface area contributed by atoms with Crippen LogP contribution in [-0.4, -0.2) is 23.8 Å². The first-order valence-corrected chi connectivity index (χ1v) is 8.71. The molecule has 3 heterocycles. The zero-order valence-electron chi connectivity index (χ0n) is 13.9.